The molecule has 0 amide bonds. The van der Waals surface area contributed by atoms with E-state index in [2.05, 4.69) is 19.9 Å². The molecule has 3 heterocycles. The first-order chi connectivity index (χ1) is 15.1. The summed E-state index contributed by atoms with van der Waals surface area (Å²) in [6, 6.07) is 14.1. The molecule has 1 aromatic carbocycles. The highest BCUT2D eigenvalue weighted by Gasteiger charge is 2.11. The minimum atomic E-state index is -2.61. The molecular weight excluding hydrogens is 398 g/mol. The zero-order valence-electron chi connectivity index (χ0n) is 16.5. The molecule has 0 aliphatic rings. The molecule has 0 aliphatic heterocycles. The van der Waals surface area contributed by atoms with Crippen molar-refractivity contribution in [3.05, 3.63) is 96.5 Å². The van der Waals surface area contributed by atoms with Crippen LogP contribution in [0.2, 0.25) is 0 Å². The number of carbonyl (C=O) groups is 1. The van der Waals surface area contributed by atoms with E-state index < -0.39 is 6.43 Å². The van der Waals surface area contributed by atoms with E-state index in [1.807, 2.05) is 36.4 Å². The van der Waals surface area contributed by atoms with E-state index in [4.69, 9.17) is 0 Å². The molecule has 0 saturated heterocycles. The Balaban J connectivity index is 1.38. The lowest BCUT2D eigenvalue weighted by molar-refractivity contribution is -0.117. The zero-order chi connectivity index (χ0) is 21.6. The Morgan fingerprint density at radius 2 is 1.58 bits per heavy atom. The molecule has 0 bridgehead atoms. The molecule has 5 nitrogen and oxygen atoms in total. The van der Waals surface area contributed by atoms with Gasteiger partial charge < -0.3 is 0 Å². The summed E-state index contributed by atoms with van der Waals surface area (Å²) in [4.78, 5) is 28.8. The zero-order valence-corrected chi connectivity index (χ0v) is 16.5. The average Bonchev–Trinajstić information content (AvgIpc) is 2.81. The standard InChI is InChI=1S/C24H18F2N4O/c25-24(26)22-12-18(7-8-28-22)17-3-1-16(2-4-17)11-21(31)13-20-6-5-19(14-30-20)23-15-27-9-10-29-23/h1-10,12,14-15,24H,11,13H2. The quantitative estimate of drug-likeness (QED) is 0.429. The maximum Gasteiger partial charge on any atom is 0.280 e. The molecule has 0 atom stereocenters. The lowest BCUT2D eigenvalue weighted by atomic mass is 10.0. The largest absolute Gasteiger partial charge is 0.299 e. The van der Waals surface area contributed by atoms with E-state index in [0.29, 0.717) is 11.3 Å². The molecule has 7 heteroatoms. The normalized spacial score (nSPS) is 10.9. The Hall–Kier alpha value is -3.87. The highest BCUT2D eigenvalue weighted by molar-refractivity contribution is 5.83. The van der Waals surface area contributed by atoms with E-state index in [-0.39, 0.29) is 24.3 Å². The Labute approximate surface area is 177 Å². The van der Waals surface area contributed by atoms with Gasteiger partial charge >= 0.3 is 0 Å². The molecule has 31 heavy (non-hydrogen) atoms. The van der Waals surface area contributed by atoms with E-state index in [9.17, 15) is 13.6 Å². The number of pyridine rings is 2. The van der Waals surface area contributed by atoms with Gasteiger partial charge in [-0.25, -0.2) is 8.78 Å². The molecule has 0 spiro atoms. The fraction of sp³-hybridized carbons (Fsp3) is 0.125. The number of ketones is 1. The summed E-state index contributed by atoms with van der Waals surface area (Å²) in [5.74, 6) is 0.0383. The van der Waals surface area contributed by atoms with Gasteiger partial charge in [0.15, 0.2) is 0 Å². The van der Waals surface area contributed by atoms with E-state index >= 15 is 0 Å². The van der Waals surface area contributed by atoms with Crippen molar-refractivity contribution in [1.29, 1.82) is 0 Å². The van der Waals surface area contributed by atoms with Crippen LogP contribution in [0.1, 0.15) is 23.4 Å². The molecule has 0 radical (unpaired) electrons. The molecule has 0 fully saturated rings. The Morgan fingerprint density at radius 1 is 0.774 bits per heavy atom. The summed E-state index contributed by atoms with van der Waals surface area (Å²) in [5.41, 5.74) is 4.30. The average molecular weight is 416 g/mol. The van der Waals surface area contributed by atoms with Gasteiger partial charge in [-0.1, -0.05) is 24.3 Å². The number of nitrogens with zero attached hydrogens (tertiary/aromatic N) is 4. The van der Waals surface area contributed by atoms with Gasteiger partial charge in [0.05, 0.1) is 11.9 Å². The predicted octanol–water partition coefficient (Wildman–Crippen LogP) is 4.89. The van der Waals surface area contributed by atoms with Crippen molar-refractivity contribution in [2.24, 2.45) is 0 Å². The summed E-state index contributed by atoms with van der Waals surface area (Å²) in [5, 5.41) is 0. The fourth-order valence-electron chi connectivity index (χ4n) is 3.18. The van der Waals surface area contributed by atoms with Crippen molar-refractivity contribution in [2.45, 2.75) is 19.3 Å². The van der Waals surface area contributed by atoms with Crippen LogP contribution >= 0.6 is 0 Å². The monoisotopic (exact) mass is 416 g/mol. The first kappa shape index (κ1) is 20.4. The van der Waals surface area contributed by atoms with Gasteiger partial charge in [-0.15, -0.1) is 0 Å². The van der Waals surface area contributed by atoms with Crippen molar-refractivity contribution < 1.29 is 13.6 Å². The Morgan fingerprint density at radius 3 is 2.26 bits per heavy atom. The minimum Gasteiger partial charge on any atom is -0.299 e. The van der Waals surface area contributed by atoms with Crippen molar-refractivity contribution in [2.75, 3.05) is 0 Å². The van der Waals surface area contributed by atoms with Crippen LogP contribution in [0.4, 0.5) is 8.78 Å². The van der Waals surface area contributed by atoms with Gasteiger partial charge in [-0.2, -0.15) is 0 Å². The molecule has 4 aromatic rings. The second-order valence-electron chi connectivity index (χ2n) is 6.99. The van der Waals surface area contributed by atoms with Crippen molar-refractivity contribution in [3.8, 4) is 22.4 Å². The van der Waals surface area contributed by atoms with Crippen LogP contribution in [0, 0.1) is 0 Å². The van der Waals surface area contributed by atoms with Crippen molar-refractivity contribution in [3.63, 3.8) is 0 Å². The van der Waals surface area contributed by atoms with Crippen LogP contribution < -0.4 is 0 Å². The number of aromatic nitrogens is 4. The molecule has 0 saturated carbocycles. The first-order valence-corrected chi connectivity index (χ1v) is 9.65. The lowest BCUT2D eigenvalue weighted by Crippen LogP contribution is -2.07. The summed E-state index contributed by atoms with van der Waals surface area (Å²) in [6.07, 6.45) is 5.82. The number of benzene rings is 1. The minimum absolute atomic E-state index is 0.0383. The van der Waals surface area contributed by atoms with E-state index in [1.54, 1.807) is 30.9 Å². The lowest BCUT2D eigenvalue weighted by Gasteiger charge is -2.06. The number of carbonyl (C=O) groups excluding carboxylic acids is 1. The number of halogens is 2. The third-order valence-electron chi connectivity index (χ3n) is 4.76. The number of hydrogen-bond acceptors (Lipinski definition) is 5. The second kappa shape index (κ2) is 9.30. The fourth-order valence-corrected chi connectivity index (χ4v) is 3.18. The molecule has 154 valence electrons. The SMILES string of the molecule is O=C(Cc1ccc(-c2ccnc(C(F)F)c2)cc1)Cc1ccc(-c2cnccn2)cn1. The molecule has 0 N–H and O–H groups in total. The number of Topliss-reactive ketones (excluding diaryl/α,β-unsaturated/α-hetero) is 1. The van der Waals surface area contributed by atoms with Gasteiger partial charge in [0.25, 0.3) is 6.43 Å². The van der Waals surface area contributed by atoms with Crippen LogP contribution in [-0.2, 0) is 17.6 Å². The number of hydrogen-bond donors (Lipinski definition) is 0. The van der Waals surface area contributed by atoms with Gasteiger partial charge in [0, 0.05) is 48.9 Å². The Kier molecular flexibility index (Phi) is 6.12. The highest BCUT2D eigenvalue weighted by atomic mass is 19.3. The van der Waals surface area contributed by atoms with Gasteiger partial charge in [-0.05, 0) is 41.0 Å². The Bertz CT molecular complexity index is 1160. The molecule has 0 aliphatic carbocycles. The third-order valence-corrected chi connectivity index (χ3v) is 4.76. The second-order valence-corrected chi connectivity index (χ2v) is 6.99. The topological polar surface area (TPSA) is 68.6 Å². The van der Waals surface area contributed by atoms with Gasteiger partial charge in [0.2, 0.25) is 0 Å². The van der Waals surface area contributed by atoms with Crippen LogP contribution in [0.3, 0.4) is 0 Å². The first-order valence-electron chi connectivity index (χ1n) is 9.65. The van der Waals surface area contributed by atoms with Crippen LogP contribution in [-0.4, -0.2) is 25.7 Å². The third kappa shape index (κ3) is 5.19. The summed E-state index contributed by atoms with van der Waals surface area (Å²) in [7, 11) is 0. The molecule has 4 rings (SSSR count). The van der Waals surface area contributed by atoms with Crippen LogP contribution in [0.15, 0.2) is 79.5 Å². The van der Waals surface area contributed by atoms with Crippen molar-refractivity contribution in [1.82, 2.24) is 19.9 Å². The van der Waals surface area contributed by atoms with Crippen molar-refractivity contribution >= 4 is 5.78 Å². The maximum absolute atomic E-state index is 12.8. The highest BCUT2D eigenvalue weighted by Crippen LogP contribution is 2.24. The predicted molar refractivity (Wildman–Crippen MR) is 112 cm³/mol. The molecule has 0 unspecified atom stereocenters. The summed E-state index contributed by atoms with van der Waals surface area (Å²) >= 11 is 0. The van der Waals surface area contributed by atoms with Crippen LogP contribution in [0.25, 0.3) is 22.4 Å². The summed E-state index contributed by atoms with van der Waals surface area (Å²) < 4.78 is 25.7. The smallest absolute Gasteiger partial charge is 0.280 e. The molecular formula is C24H18F2N4O. The van der Waals surface area contributed by atoms with Gasteiger partial charge in [-0.3, -0.25) is 24.7 Å². The number of alkyl halides is 2. The van der Waals surface area contributed by atoms with Crippen LogP contribution in [0.5, 0.6) is 0 Å². The maximum atomic E-state index is 12.8. The number of rotatable bonds is 7. The van der Waals surface area contributed by atoms with E-state index in [0.717, 1.165) is 22.4 Å². The summed E-state index contributed by atoms with van der Waals surface area (Å²) in [6.45, 7) is 0. The van der Waals surface area contributed by atoms with E-state index in [1.165, 1.54) is 12.3 Å². The molecule has 3 aromatic heterocycles. The van der Waals surface area contributed by atoms with Gasteiger partial charge in [0.1, 0.15) is 11.5 Å².